The Kier molecular flexibility index (Phi) is 5.30. The maximum Gasteiger partial charge on any atom is 0.255 e. The molecule has 6 nitrogen and oxygen atoms in total. The van der Waals surface area contributed by atoms with Gasteiger partial charge < -0.3 is 14.6 Å². The molecule has 0 radical (unpaired) electrons. The molecule has 0 spiro atoms. The van der Waals surface area contributed by atoms with Crippen molar-refractivity contribution in [1.29, 1.82) is 0 Å². The number of nitrogens with one attached hydrogen (secondary N) is 1. The first kappa shape index (κ1) is 15.8. The number of amides is 2. The number of hydrogen-bond acceptors (Lipinski definition) is 4. The molecule has 2 heterocycles. The molecule has 0 aromatic carbocycles. The third-order valence-corrected chi connectivity index (χ3v) is 3.30. The summed E-state index contributed by atoms with van der Waals surface area (Å²) in [7, 11) is 0. The molecule has 0 aliphatic carbocycles. The van der Waals surface area contributed by atoms with Gasteiger partial charge in [-0.15, -0.1) is 0 Å². The van der Waals surface area contributed by atoms with Gasteiger partial charge in [0.15, 0.2) is 0 Å². The molecule has 2 amide bonds. The van der Waals surface area contributed by atoms with Crippen LogP contribution in [0.3, 0.4) is 0 Å². The highest BCUT2D eigenvalue weighted by molar-refractivity contribution is 5.99. The average molecular weight is 301 g/mol. The van der Waals surface area contributed by atoms with Gasteiger partial charge in [0.25, 0.3) is 11.8 Å². The normalized spacial score (nSPS) is 10.3. The third-order valence-electron chi connectivity index (χ3n) is 3.30. The molecule has 0 aliphatic rings. The van der Waals surface area contributed by atoms with Crippen LogP contribution in [-0.4, -0.2) is 34.8 Å². The molecule has 2 aromatic rings. The number of aromatic nitrogens is 1. The summed E-state index contributed by atoms with van der Waals surface area (Å²) in [4.78, 5) is 30.0. The molecular formula is C16H19N3O3. The van der Waals surface area contributed by atoms with Crippen molar-refractivity contribution in [2.24, 2.45) is 0 Å². The van der Waals surface area contributed by atoms with Gasteiger partial charge in [-0.25, -0.2) is 0 Å². The van der Waals surface area contributed by atoms with Crippen molar-refractivity contribution >= 4 is 11.8 Å². The second-order valence-electron chi connectivity index (χ2n) is 4.70. The van der Waals surface area contributed by atoms with E-state index in [0.717, 1.165) is 0 Å². The van der Waals surface area contributed by atoms with E-state index < -0.39 is 0 Å². The highest BCUT2D eigenvalue weighted by Crippen LogP contribution is 2.07. The van der Waals surface area contributed by atoms with Gasteiger partial charge in [-0.1, -0.05) is 0 Å². The number of hydrogen-bond donors (Lipinski definition) is 1. The van der Waals surface area contributed by atoms with E-state index in [1.54, 1.807) is 29.4 Å². The van der Waals surface area contributed by atoms with E-state index in [2.05, 4.69) is 10.3 Å². The van der Waals surface area contributed by atoms with Gasteiger partial charge in [0.2, 0.25) is 0 Å². The minimum atomic E-state index is -0.293. The Balaban J connectivity index is 2.07. The summed E-state index contributed by atoms with van der Waals surface area (Å²) in [6, 6.07) is 5.09. The molecule has 0 saturated carbocycles. The van der Waals surface area contributed by atoms with Crippen LogP contribution in [-0.2, 0) is 6.54 Å². The standard InChI is InChI=1S/C16H19N3O3/c1-3-19(4-2)16(21)13-8-12(9-17-10-13)15(20)18-11-14-6-5-7-22-14/h5-10H,3-4,11H2,1-2H3,(H,18,20). The van der Waals surface area contributed by atoms with Crippen LogP contribution in [0.5, 0.6) is 0 Å². The second kappa shape index (κ2) is 7.40. The smallest absolute Gasteiger partial charge is 0.255 e. The topological polar surface area (TPSA) is 75.4 Å². The first-order valence-corrected chi connectivity index (χ1v) is 7.20. The van der Waals surface area contributed by atoms with Crippen LogP contribution in [0.25, 0.3) is 0 Å². The lowest BCUT2D eigenvalue weighted by Gasteiger charge is -2.18. The van der Waals surface area contributed by atoms with Gasteiger partial charge in [-0.3, -0.25) is 14.6 Å². The maximum atomic E-state index is 12.3. The van der Waals surface area contributed by atoms with E-state index in [0.29, 0.717) is 36.5 Å². The van der Waals surface area contributed by atoms with Gasteiger partial charge >= 0.3 is 0 Å². The molecule has 0 atom stereocenters. The molecular weight excluding hydrogens is 282 g/mol. The number of furan rings is 1. The summed E-state index contributed by atoms with van der Waals surface area (Å²) in [6.07, 6.45) is 4.47. The van der Waals surface area contributed by atoms with Crippen LogP contribution in [0.15, 0.2) is 41.3 Å². The Hall–Kier alpha value is -2.63. The van der Waals surface area contributed by atoms with E-state index >= 15 is 0 Å². The summed E-state index contributed by atoms with van der Waals surface area (Å²) in [5.74, 6) is 0.243. The van der Waals surface area contributed by atoms with Crippen LogP contribution in [0.1, 0.15) is 40.3 Å². The van der Waals surface area contributed by atoms with Crippen LogP contribution < -0.4 is 5.32 Å². The van der Waals surface area contributed by atoms with Crippen molar-refractivity contribution in [3.05, 3.63) is 53.7 Å². The van der Waals surface area contributed by atoms with Crippen LogP contribution in [0.4, 0.5) is 0 Å². The molecule has 2 aromatic heterocycles. The Morgan fingerprint density at radius 1 is 1.23 bits per heavy atom. The lowest BCUT2D eigenvalue weighted by Crippen LogP contribution is -2.31. The Labute approximate surface area is 129 Å². The highest BCUT2D eigenvalue weighted by atomic mass is 16.3. The Morgan fingerprint density at radius 3 is 2.59 bits per heavy atom. The van der Waals surface area contributed by atoms with Crippen LogP contribution >= 0.6 is 0 Å². The molecule has 1 N–H and O–H groups in total. The van der Waals surface area contributed by atoms with Crippen molar-refractivity contribution in [2.45, 2.75) is 20.4 Å². The number of pyridine rings is 1. The molecule has 22 heavy (non-hydrogen) atoms. The quantitative estimate of drug-likeness (QED) is 0.886. The summed E-state index contributed by atoms with van der Waals surface area (Å²) >= 11 is 0. The number of carbonyl (C=O) groups is 2. The van der Waals surface area contributed by atoms with Gasteiger partial charge in [-0.2, -0.15) is 0 Å². The summed E-state index contributed by atoms with van der Waals surface area (Å²) in [5.41, 5.74) is 0.763. The molecule has 0 bridgehead atoms. The summed E-state index contributed by atoms with van der Waals surface area (Å²) < 4.78 is 5.15. The van der Waals surface area contributed by atoms with Gasteiger partial charge in [-0.05, 0) is 32.0 Å². The fraction of sp³-hybridized carbons (Fsp3) is 0.312. The van der Waals surface area contributed by atoms with Crippen molar-refractivity contribution in [1.82, 2.24) is 15.2 Å². The Bertz CT molecular complexity index is 634. The lowest BCUT2D eigenvalue weighted by molar-refractivity contribution is 0.0772. The number of rotatable bonds is 6. The zero-order valence-electron chi connectivity index (χ0n) is 12.7. The van der Waals surface area contributed by atoms with Crippen molar-refractivity contribution in [3.63, 3.8) is 0 Å². The minimum absolute atomic E-state index is 0.127. The second-order valence-corrected chi connectivity index (χ2v) is 4.70. The summed E-state index contributed by atoms with van der Waals surface area (Å²) in [5, 5.41) is 2.73. The van der Waals surface area contributed by atoms with E-state index in [1.807, 2.05) is 13.8 Å². The zero-order valence-corrected chi connectivity index (χ0v) is 12.7. The fourth-order valence-corrected chi connectivity index (χ4v) is 2.06. The fourth-order valence-electron chi connectivity index (χ4n) is 2.06. The van der Waals surface area contributed by atoms with Crippen molar-refractivity contribution < 1.29 is 14.0 Å². The van der Waals surface area contributed by atoms with E-state index in [1.165, 1.54) is 12.4 Å². The molecule has 0 fully saturated rings. The third kappa shape index (κ3) is 3.72. The van der Waals surface area contributed by atoms with Gasteiger partial charge in [0.05, 0.1) is 23.9 Å². The number of carbonyl (C=O) groups excluding carboxylic acids is 2. The summed E-state index contributed by atoms with van der Waals surface area (Å²) in [6.45, 7) is 5.35. The lowest BCUT2D eigenvalue weighted by atomic mass is 10.1. The molecule has 0 aliphatic heterocycles. The molecule has 6 heteroatoms. The SMILES string of the molecule is CCN(CC)C(=O)c1cncc(C(=O)NCc2ccco2)c1. The Morgan fingerprint density at radius 2 is 1.95 bits per heavy atom. The van der Waals surface area contributed by atoms with Gasteiger partial charge in [0, 0.05) is 25.5 Å². The van der Waals surface area contributed by atoms with E-state index in [-0.39, 0.29) is 11.8 Å². The van der Waals surface area contributed by atoms with Crippen molar-refractivity contribution in [2.75, 3.05) is 13.1 Å². The zero-order chi connectivity index (χ0) is 15.9. The monoisotopic (exact) mass is 301 g/mol. The van der Waals surface area contributed by atoms with Crippen molar-refractivity contribution in [3.8, 4) is 0 Å². The number of nitrogens with zero attached hydrogens (tertiary/aromatic N) is 2. The first-order chi connectivity index (χ1) is 10.7. The van der Waals surface area contributed by atoms with E-state index in [9.17, 15) is 9.59 Å². The largest absolute Gasteiger partial charge is 0.467 e. The average Bonchev–Trinajstić information content (AvgIpc) is 3.07. The highest BCUT2D eigenvalue weighted by Gasteiger charge is 2.15. The van der Waals surface area contributed by atoms with Gasteiger partial charge in [0.1, 0.15) is 5.76 Å². The minimum Gasteiger partial charge on any atom is -0.467 e. The maximum absolute atomic E-state index is 12.3. The molecule has 0 saturated heterocycles. The predicted molar refractivity (Wildman–Crippen MR) is 81.4 cm³/mol. The molecule has 116 valence electrons. The van der Waals surface area contributed by atoms with E-state index in [4.69, 9.17) is 4.42 Å². The first-order valence-electron chi connectivity index (χ1n) is 7.20. The van der Waals surface area contributed by atoms with Crippen LogP contribution in [0, 0.1) is 0 Å². The van der Waals surface area contributed by atoms with Crippen LogP contribution in [0.2, 0.25) is 0 Å². The molecule has 2 rings (SSSR count). The predicted octanol–water partition coefficient (Wildman–Crippen LogP) is 2.09. The molecule has 0 unspecified atom stereocenters.